The highest BCUT2D eigenvalue weighted by Gasteiger charge is 2.14. The summed E-state index contributed by atoms with van der Waals surface area (Å²) in [6, 6.07) is 6.29. The van der Waals surface area contributed by atoms with Gasteiger partial charge in [-0.2, -0.15) is 11.3 Å². The van der Waals surface area contributed by atoms with Crippen LogP contribution >= 0.6 is 11.3 Å². The van der Waals surface area contributed by atoms with Gasteiger partial charge in [0.1, 0.15) is 11.6 Å². The van der Waals surface area contributed by atoms with Crippen molar-refractivity contribution in [2.45, 2.75) is 26.2 Å². The second-order valence-corrected chi connectivity index (χ2v) is 6.31. The molecular formula is C16H18N6S. The Balaban J connectivity index is 1.35. The minimum atomic E-state index is 0.722. The lowest BCUT2D eigenvalue weighted by atomic mass is 10.2. The van der Waals surface area contributed by atoms with Crippen molar-refractivity contribution >= 4 is 11.3 Å². The Hall–Kier alpha value is -2.09. The maximum Gasteiger partial charge on any atom is 0.147 e. The summed E-state index contributed by atoms with van der Waals surface area (Å²) in [6.07, 6.45) is 1.93. The van der Waals surface area contributed by atoms with E-state index in [1.54, 1.807) is 11.3 Å². The van der Waals surface area contributed by atoms with Gasteiger partial charge in [-0.3, -0.25) is 4.98 Å². The molecule has 0 fully saturated rings. The number of aromatic nitrogens is 4. The maximum atomic E-state index is 4.53. The molecule has 118 valence electrons. The van der Waals surface area contributed by atoms with E-state index < -0.39 is 0 Å². The largest absolute Gasteiger partial charge is 0.312 e. The fourth-order valence-electron chi connectivity index (χ4n) is 2.71. The van der Waals surface area contributed by atoms with Gasteiger partial charge in [0.25, 0.3) is 0 Å². The van der Waals surface area contributed by atoms with Gasteiger partial charge in [0.15, 0.2) is 0 Å². The van der Waals surface area contributed by atoms with Crippen LogP contribution in [0.2, 0.25) is 0 Å². The Morgan fingerprint density at radius 3 is 3.04 bits per heavy atom. The van der Waals surface area contributed by atoms with Gasteiger partial charge in [-0.25, -0.2) is 0 Å². The minimum Gasteiger partial charge on any atom is -0.312 e. The van der Waals surface area contributed by atoms with Crippen molar-refractivity contribution in [3.8, 4) is 11.3 Å². The summed E-state index contributed by atoms with van der Waals surface area (Å²) in [5, 5.41) is 19.4. The third-order valence-corrected chi connectivity index (χ3v) is 4.64. The Kier molecular flexibility index (Phi) is 4.14. The number of fused-ring (bicyclic) bond motifs is 1. The maximum absolute atomic E-state index is 4.53. The number of nitrogens with zero attached hydrogens (tertiary/aromatic N) is 4. The normalized spacial score (nSPS) is 13.9. The molecule has 3 aromatic heterocycles. The summed E-state index contributed by atoms with van der Waals surface area (Å²) in [5.74, 6) is 2.03. The van der Waals surface area contributed by atoms with Crippen LogP contribution in [0.3, 0.4) is 0 Å². The first-order chi connectivity index (χ1) is 11.4. The fraction of sp³-hybridized carbons (Fsp3) is 0.312. The van der Waals surface area contributed by atoms with Crippen molar-refractivity contribution in [2.24, 2.45) is 0 Å². The number of thiophene rings is 1. The molecule has 1 aliphatic rings. The first kappa shape index (κ1) is 14.5. The molecule has 4 heterocycles. The van der Waals surface area contributed by atoms with Crippen LogP contribution in [0.5, 0.6) is 0 Å². The summed E-state index contributed by atoms with van der Waals surface area (Å²) in [4.78, 5) is 4.53. The Bertz CT molecular complexity index is 762. The summed E-state index contributed by atoms with van der Waals surface area (Å²) in [6.45, 7) is 4.22. The standard InChI is InChI=1S/C16H18N6S/c1-2-14(13-3-6-23-11-13)19-8-12(1)7-18-10-16-21-20-15-9-17-4-5-22(15)16/h1-3,6,8,11,17-18H,4-5,7,9-10H2. The summed E-state index contributed by atoms with van der Waals surface area (Å²) < 4.78 is 2.20. The molecule has 0 radical (unpaired) electrons. The van der Waals surface area contributed by atoms with E-state index in [9.17, 15) is 0 Å². The van der Waals surface area contributed by atoms with E-state index >= 15 is 0 Å². The van der Waals surface area contributed by atoms with Crippen molar-refractivity contribution in [2.75, 3.05) is 6.54 Å². The van der Waals surface area contributed by atoms with Gasteiger partial charge < -0.3 is 15.2 Å². The molecule has 0 spiro atoms. The van der Waals surface area contributed by atoms with Crippen LogP contribution in [0.25, 0.3) is 11.3 Å². The molecule has 0 atom stereocenters. The second-order valence-electron chi connectivity index (χ2n) is 5.53. The lowest BCUT2D eigenvalue weighted by Gasteiger charge is -2.16. The van der Waals surface area contributed by atoms with Crippen LogP contribution in [0.15, 0.2) is 35.2 Å². The third kappa shape index (κ3) is 3.17. The zero-order valence-corrected chi connectivity index (χ0v) is 13.5. The average Bonchev–Trinajstić information content (AvgIpc) is 3.26. The van der Waals surface area contributed by atoms with Crippen molar-refractivity contribution in [3.05, 3.63) is 52.4 Å². The lowest BCUT2D eigenvalue weighted by molar-refractivity contribution is 0.485. The molecule has 7 heteroatoms. The third-order valence-electron chi connectivity index (χ3n) is 3.95. The molecule has 6 nitrogen and oxygen atoms in total. The fourth-order valence-corrected chi connectivity index (χ4v) is 3.36. The Labute approximate surface area is 138 Å². The quantitative estimate of drug-likeness (QED) is 0.748. The Morgan fingerprint density at radius 1 is 1.22 bits per heavy atom. The monoisotopic (exact) mass is 326 g/mol. The van der Waals surface area contributed by atoms with Crippen LogP contribution in [0, 0.1) is 0 Å². The first-order valence-corrected chi connectivity index (χ1v) is 8.64. The molecule has 0 saturated heterocycles. The molecule has 0 bridgehead atoms. The number of pyridine rings is 1. The summed E-state index contributed by atoms with van der Waals surface area (Å²) >= 11 is 1.69. The molecule has 0 aromatic carbocycles. The van der Waals surface area contributed by atoms with E-state index in [1.165, 1.54) is 11.1 Å². The van der Waals surface area contributed by atoms with Crippen LogP contribution in [-0.2, 0) is 26.2 Å². The van der Waals surface area contributed by atoms with E-state index in [0.29, 0.717) is 0 Å². The first-order valence-electron chi connectivity index (χ1n) is 7.70. The Morgan fingerprint density at radius 2 is 2.22 bits per heavy atom. The topological polar surface area (TPSA) is 67.7 Å². The molecule has 2 N–H and O–H groups in total. The molecule has 0 unspecified atom stereocenters. The highest BCUT2D eigenvalue weighted by Crippen LogP contribution is 2.19. The average molecular weight is 326 g/mol. The predicted octanol–water partition coefficient (Wildman–Crippen LogP) is 1.79. The second kappa shape index (κ2) is 6.57. The molecule has 0 aliphatic carbocycles. The predicted molar refractivity (Wildman–Crippen MR) is 89.8 cm³/mol. The van der Waals surface area contributed by atoms with Gasteiger partial charge in [0, 0.05) is 36.8 Å². The SMILES string of the molecule is c1cc(-c2ccc(CNCc3nnc4n3CCNC4)cn2)cs1. The molecule has 0 amide bonds. The van der Waals surface area contributed by atoms with E-state index in [-0.39, 0.29) is 0 Å². The highest BCUT2D eigenvalue weighted by molar-refractivity contribution is 7.08. The van der Waals surface area contributed by atoms with E-state index in [4.69, 9.17) is 0 Å². The molecule has 1 aliphatic heterocycles. The van der Waals surface area contributed by atoms with E-state index in [2.05, 4.69) is 59.3 Å². The zero-order chi connectivity index (χ0) is 15.5. The van der Waals surface area contributed by atoms with Crippen molar-refractivity contribution in [1.82, 2.24) is 30.4 Å². The molecule has 23 heavy (non-hydrogen) atoms. The zero-order valence-electron chi connectivity index (χ0n) is 12.7. The summed E-state index contributed by atoms with van der Waals surface area (Å²) in [5.41, 5.74) is 3.37. The van der Waals surface area contributed by atoms with Gasteiger partial charge in [0.2, 0.25) is 0 Å². The van der Waals surface area contributed by atoms with Crippen molar-refractivity contribution < 1.29 is 0 Å². The smallest absolute Gasteiger partial charge is 0.147 e. The van der Waals surface area contributed by atoms with Gasteiger partial charge in [0.05, 0.1) is 18.8 Å². The van der Waals surface area contributed by atoms with E-state index in [0.717, 1.165) is 50.1 Å². The van der Waals surface area contributed by atoms with Gasteiger partial charge in [-0.15, -0.1) is 10.2 Å². The van der Waals surface area contributed by atoms with Crippen molar-refractivity contribution in [3.63, 3.8) is 0 Å². The van der Waals surface area contributed by atoms with Crippen LogP contribution in [0.1, 0.15) is 17.2 Å². The molecule has 3 aromatic rings. The van der Waals surface area contributed by atoms with Gasteiger partial charge in [-0.1, -0.05) is 6.07 Å². The van der Waals surface area contributed by atoms with Gasteiger partial charge in [-0.05, 0) is 23.1 Å². The number of hydrogen-bond acceptors (Lipinski definition) is 6. The summed E-state index contributed by atoms with van der Waals surface area (Å²) in [7, 11) is 0. The van der Waals surface area contributed by atoms with Crippen LogP contribution < -0.4 is 10.6 Å². The molecular weight excluding hydrogens is 308 g/mol. The van der Waals surface area contributed by atoms with Gasteiger partial charge >= 0.3 is 0 Å². The highest BCUT2D eigenvalue weighted by atomic mass is 32.1. The van der Waals surface area contributed by atoms with Crippen LogP contribution in [-0.4, -0.2) is 26.3 Å². The molecule has 4 rings (SSSR count). The van der Waals surface area contributed by atoms with Crippen LogP contribution in [0.4, 0.5) is 0 Å². The van der Waals surface area contributed by atoms with E-state index in [1.807, 2.05) is 6.20 Å². The number of nitrogens with one attached hydrogen (secondary N) is 2. The number of rotatable bonds is 5. The van der Waals surface area contributed by atoms with Crippen molar-refractivity contribution in [1.29, 1.82) is 0 Å². The molecule has 0 saturated carbocycles. The minimum absolute atomic E-state index is 0.722. The number of hydrogen-bond donors (Lipinski definition) is 2. The lowest BCUT2D eigenvalue weighted by Crippen LogP contribution is -2.30.